The standard InChI is InChI=1S/C21H28N2O4S/c1-12(19(25)21-9-13-5-14(10-21)7-15(6-13)11-21)27-18(24)8-16(23-20(22)26)17-3-2-4-28-17/h2-4,12-16H,5-11H2,1H3,(H3,22,23,26)/t12-,13?,14?,15?,16-,21?/m0/s1. The third-order valence-electron chi connectivity index (χ3n) is 6.81. The maximum absolute atomic E-state index is 13.3. The molecule has 0 saturated heterocycles. The predicted octanol–water partition coefficient (Wildman–Crippen LogP) is 3.56. The molecule has 28 heavy (non-hydrogen) atoms. The number of ether oxygens (including phenoxy) is 1. The minimum Gasteiger partial charge on any atom is -0.455 e. The van der Waals surface area contributed by atoms with Crippen LogP contribution in [0.5, 0.6) is 0 Å². The van der Waals surface area contributed by atoms with Crippen molar-refractivity contribution in [2.24, 2.45) is 28.9 Å². The first-order chi connectivity index (χ1) is 13.3. The van der Waals surface area contributed by atoms with Crippen LogP contribution in [0.4, 0.5) is 4.79 Å². The van der Waals surface area contributed by atoms with Gasteiger partial charge in [-0.25, -0.2) is 4.79 Å². The van der Waals surface area contributed by atoms with E-state index in [2.05, 4.69) is 5.32 Å². The van der Waals surface area contributed by atoms with Crippen molar-refractivity contribution in [3.8, 4) is 0 Å². The van der Waals surface area contributed by atoms with Crippen molar-refractivity contribution >= 4 is 29.1 Å². The minimum absolute atomic E-state index is 0.0397. The zero-order valence-electron chi connectivity index (χ0n) is 16.2. The van der Waals surface area contributed by atoms with Crippen LogP contribution in [-0.2, 0) is 14.3 Å². The number of rotatable bonds is 7. The van der Waals surface area contributed by atoms with Crippen molar-refractivity contribution < 1.29 is 19.1 Å². The number of urea groups is 1. The summed E-state index contributed by atoms with van der Waals surface area (Å²) in [4.78, 5) is 37.9. The highest BCUT2D eigenvalue weighted by Crippen LogP contribution is 2.60. The van der Waals surface area contributed by atoms with Gasteiger partial charge in [-0.15, -0.1) is 11.3 Å². The average Bonchev–Trinajstić information content (AvgIpc) is 3.13. The van der Waals surface area contributed by atoms with Gasteiger partial charge in [0.2, 0.25) is 0 Å². The van der Waals surface area contributed by atoms with E-state index in [1.807, 2.05) is 17.5 Å². The van der Waals surface area contributed by atoms with Gasteiger partial charge in [-0.1, -0.05) is 6.07 Å². The SMILES string of the molecule is C[C@H](OC(=O)C[C@H](NC(N)=O)c1cccs1)C(=O)C12CC3CC(CC(C3)C1)C2. The Labute approximate surface area is 169 Å². The topological polar surface area (TPSA) is 98.5 Å². The van der Waals surface area contributed by atoms with E-state index in [9.17, 15) is 14.4 Å². The summed E-state index contributed by atoms with van der Waals surface area (Å²) in [5.41, 5.74) is 4.96. The fourth-order valence-electron chi connectivity index (χ4n) is 6.19. The molecule has 4 aliphatic rings. The molecule has 0 aromatic carbocycles. The van der Waals surface area contributed by atoms with Crippen LogP contribution in [0.1, 0.15) is 62.8 Å². The van der Waals surface area contributed by atoms with Crippen molar-refractivity contribution in [3.05, 3.63) is 22.4 Å². The molecule has 152 valence electrons. The number of carbonyl (C=O) groups excluding carboxylic acids is 3. The minimum atomic E-state index is -0.749. The van der Waals surface area contributed by atoms with Crippen LogP contribution >= 0.6 is 11.3 Å². The smallest absolute Gasteiger partial charge is 0.312 e. The highest BCUT2D eigenvalue weighted by Gasteiger charge is 2.55. The lowest BCUT2D eigenvalue weighted by molar-refractivity contribution is -0.165. The van der Waals surface area contributed by atoms with E-state index >= 15 is 0 Å². The molecular weight excluding hydrogens is 376 g/mol. The predicted molar refractivity (Wildman–Crippen MR) is 106 cm³/mol. The summed E-state index contributed by atoms with van der Waals surface area (Å²) in [6.45, 7) is 1.69. The maximum atomic E-state index is 13.3. The number of carbonyl (C=O) groups is 3. The van der Waals surface area contributed by atoms with Gasteiger partial charge < -0.3 is 15.8 Å². The Balaban J connectivity index is 1.38. The number of thiophene rings is 1. The first-order valence-corrected chi connectivity index (χ1v) is 11.1. The largest absolute Gasteiger partial charge is 0.455 e. The van der Waals surface area contributed by atoms with Gasteiger partial charge in [-0.05, 0) is 74.6 Å². The third kappa shape index (κ3) is 3.81. The summed E-state index contributed by atoms with van der Waals surface area (Å²) >= 11 is 1.43. The van der Waals surface area contributed by atoms with Gasteiger partial charge in [0.15, 0.2) is 11.9 Å². The van der Waals surface area contributed by atoms with Gasteiger partial charge >= 0.3 is 12.0 Å². The number of esters is 1. The van der Waals surface area contributed by atoms with Crippen molar-refractivity contribution in [1.82, 2.24) is 5.32 Å². The van der Waals surface area contributed by atoms with E-state index in [0.717, 1.165) is 24.1 Å². The Hall–Kier alpha value is -1.89. The zero-order valence-corrected chi connectivity index (χ0v) is 17.0. The van der Waals surface area contributed by atoms with Crippen LogP contribution in [-0.4, -0.2) is 23.9 Å². The van der Waals surface area contributed by atoms with E-state index in [1.165, 1.54) is 30.6 Å². The van der Waals surface area contributed by atoms with Gasteiger partial charge in [-0.2, -0.15) is 0 Å². The average molecular weight is 405 g/mol. The van der Waals surface area contributed by atoms with E-state index < -0.39 is 24.1 Å². The second-order valence-electron chi connectivity index (χ2n) is 8.97. The molecule has 6 nitrogen and oxygen atoms in total. The molecule has 4 aliphatic carbocycles. The molecule has 0 spiro atoms. The third-order valence-corrected chi connectivity index (χ3v) is 7.80. The molecule has 3 N–H and O–H groups in total. The molecule has 1 aromatic heterocycles. The van der Waals surface area contributed by atoms with Crippen molar-refractivity contribution in [2.75, 3.05) is 0 Å². The van der Waals surface area contributed by atoms with Gasteiger partial charge in [0.1, 0.15) is 0 Å². The monoisotopic (exact) mass is 404 g/mol. The lowest BCUT2D eigenvalue weighted by Crippen LogP contribution is -2.52. The first-order valence-electron chi connectivity index (χ1n) is 10.2. The van der Waals surface area contributed by atoms with E-state index in [1.54, 1.807) is 6.92 Å². The number of hydrogen-bond acceptors (Lipinski definition) is 5. The van der Waals surface area contributed by atoms with Gasteiger partial charge in [-0.3, -0.25) is 9.59 Å². The molecule has 0 aliphatic heterocycles. The van der Waals surface area contributed by atoms with Gasteiger partial charge in [0.05, 0.1) is 12.5 Å². The van der Waals surface area contributed by atoms with Crippen LogP contribution in [0, 0.1) is 23.2 Å². The Bertz CT molecular complexity index is 725. The fraction of sp³-hybridized carbons (Fsp3) is 0.667. The number of hydrogen-bond donors (Lipinski definition) is 2. The Morgan fingerprint density at radius 1 is 1.21 bits per heavy atom. The highest BCUT2D eigenvalue weighted by molar-refractivity contribution is 7.10. The quantitative estimate of drug-likeness (QED) is 0.679. The number of amides is 2. The van der Waals surface area contributed by atoms with E-state index in [-0.39, 0.29) is 17.6 Å². The maximum Gasteiger partial charge on any atom is 0.312 e. The molecule has 4 fully saturated rings. The molecule has 2 amide bonds. The summed E-state index contributed by atoms with van der Waals surface area (Å²) in [5, 5.41) is 4.46. The van der Waals surface area contributed by atoms with E-state index in [4.69, 9.17) is 10.5 Å². The summed E-state index contributed by atoms with van der Waals surface area (Å²) < 4.78 is 5.54. The number of ketones is 1. The van der Waals surface area contributed by atoms with Gasteiger partial charge in [0.25, 0.3) is 0 Å². The Morgan fingerprint density at radius 2 is 1.82 bits per heavy atom. The number of nitrogens with one attached hydrogen (secondary N) is 1. The number of nitrogens with two attached hydrogens (primary N) is 1. The molecule has 1 aromatic rings. The second-order valence-corrected chi connectivity index (χ2v) is 9.95. The normalized spacial score (nSPS) is 32.5. The zero-order chi connectivity index (χ0) is 19.9. The number of Topliss-reactive ketones (excluding diaryl/α,β-unsaturated/α-hetero) is 1. The van der Waals surface area contributed by atoms with Crippen LogP contribution < -0.4 is 11.1 Å². The van der Waals surface area contributed by atoms with Crippen molar-refractivity contribution in [2.45, 2.75) is 64.0 Å². The van der Waals surface area contributed by atoms with Crippen LogP contribution in [0.15, 0.2) is 17.5 Å². The summed E-state index contributed by atoms with van der Waals surface area (Å²) in [6, 6.07) is 2.46. The van der Waals surface area contributed by atoms with Crippen molar-refractivity contribution in [3.63, 3.8) is 0 Å². The molecule has 4 saturated carbocycles. The Kier molecular flexibility index (Phi) is 5.21. The number of primary amides is 1. The van der Waals surface area contributed by atoms with Crippen LogP contribution in [0.3, 0.4) is 0 Å². The molecular formula is C21H28N2O4S. The molecule has 4 bridgehead atoms. The second kappa shape index (κ2) is 7.50. The molecule has 1 heterocycles. The first kappa shape index (κ1) is 19.4. The molecule has 5 rings (SSSR count). The molecule has 2 atom stereocenters. The van der Waals surface area contributed by atoms with Crippen LogP contribution in [0.2, 0.25) is 0 Å². The van der Waals surface area contributed by atoms with Crippen molar-refractivity contribution in [1.29, 1.82) is 0 Å². The molecule has 0 unspecified atom stereocenters. The molecule has 0 radical (unpaired) electrons. The summed E-state index contributed by atoms with van der Waals surface area (Å²) in [7, 11) is 0. The highest BCUT2D eigenvalue weighted by atomic mass is 32.1. The van der Waals surface area contributed by atoms with Gasteiger partial charge in [0, 0.05) is 10.3 Å². The van der Waals surface area contributed by atoms with Crippen LogP contribution in [0.25, 0.3) is 0 Å². The lowest BCUT2D eigenvalue weighted by Gasteiger charge is -2.56. The lowest BCUT2D eigenvalue weighted by atomic mass is 9.48. The fourth-order valence-corrected chi connectivity index (χ4v) is 6.97. The summed E-state index contributed by atoms with van der Waals surface area (Å²) in [6.07, 6.45) is 5.89. The Morgan fingerprint density at radius 3 is 2.32 bits per heavy atom. The summed E-state index contributed by atoms with van der Waals surface area (Å²) in [5.74, 6) is 1.61. The molecule has 7 heteroatoms. The van der Waals surface area contributed by atoms with E-state index in [0.29, 0.717) is 17.8 Å².